The van der Waals surface area contributed by atoms with Crippen molar-refractivity contribution in [1.82, 2.24) is 5.16 Å². The minimum atomic E-state index is -0.934. The number of carboxylic acids is 1. The third kappa shape index (κ3) is 1.71. The summed E-state index contributed by atoms with van der Waals surface area (Å²) in [5, 5.41) is 15.9. The Hall–Kier alpha value is -2.07. The summed E-state index contributed by atoms with van der Waals surface area (Å²) in [6.45, 7) is 0. The highest BCUT2D eigenvalue weighted by Crippen LogP contribution is 2.30. The van der Waals surface area contributed by atoms with Crippen molar-refractivity contribution in [2.75, 3.05) is 0 Å². The monoisotopic (exact) mass is 261 g/mol. The average Bonchev–Trinajstić information content (AvgIpc) is 2.71. The number of hydrogen-bond donors (Lipinski definition) is 1. The highest BCUT2D eigenvalue weighted by Gasteiger charge is 2.14. The number of benzene rings is 2. The van der Waals surface area contributed by atoms with Crippen LogP contribution in [0.3, 0.4) is 0 Å². The standard InChI is InChI=1S/C13H8ClNO3/c14-8-2-3-9-7(5-8)1-4-11-13(9)10(15-18-11)6-12(16)17/h1-5H,6H2,(H,16,17). The first-order valence-electron chi connectivity index (χ1n) is 5.33. The number of aliphatic carboxylic acids is 1. The lowest BCUT2D eigenvalue weighted by molar-refractivity contribution is -0.136. The van der Waals surface area contributed by atoms with Crippen LogP contribution in [-0.2, 0) is 11.2 Å². The molecule has 1 aromatic heterocycles. The molecular weight excluding hydrogens is 254 g/mol. The van der Waals surface area contributed by atoms with Gasteiger partial charge in [0.1, 0.15) is 5.69 Å². The zero-order valence-corrected chi connectivity index (χ0v) is 9.94. The first-order chi connectivity index (χ1) is 8.65. The molecular formula is C13H8ClNO3. The molecule has 90 valence electrons. The number of halogens is 1. The number of fused-ring (bicyclic) bond motifs is 3. The number of hydrogen-bond acceptors (Lipinski definition) is 3. The molecule has 0 aliphatic carbocycles. The maximum Gasteiger partial charge on any atom is 0.309 e. The zero-order valence-electron chi connectivity index (χ0n) is 9.18. The number of carbonyl (C=O) groups is 1. The molecule has 0 saturated heterocycles. The van der Waals surface area contributed by atoms with Gasteiger partial charge in [0, 0.05) is 5.02 Å². The van der Waals surface area contributed by atoms with Gasteiger partial charge in [-0.2, -0.15) is 0 Å². The quantitative estimate of drug-likeness (QED) is 0.769. The maximum absolute atomic E-state index is 10.8. The van der Waals surface area contributed by atoms with Crippen LogP contribution in [0.1, 0.15) is 5.69 Å². The summed E-state index contributed by atoms with van der Waals surface area (Å²) in [6, 6.07) is 9.09. The molecule has 3 rings (SSSR count). The SMILES string of the molecule is O=C(O)Cc1noc2ccc3cc(Cl)ccc3c12. The molecule has 5 heteroatoms. The lowest BCUT2D eigenvalue weighted by Crippen LogP contribution is -2.00. The van der Waals surface area contributed by atoms with Crippen molar-refractivity contribution in [3.05, 3.63) is 41.0 Å². The van der Waals surface area contributed by atoms with Gasteiger partial charge in [0.05, 0.1) is 11.8 Å². The van der Waals surface area contributed by atoms with Gasteiger partial charge in [-0.3, -0.25) is 4.79 Å². The molecule has 0 unspecified atom stereocenters. The van der Waals surface area contributed by atoms with Gasteiger partial charge in [-0.15, -0.1) is 0 Å². The van der Waals surface area contributed by atoms with E-state index in [2.05, 4.69) is 5.16 Å². The minimum Gasteiger partial charge on any atom is -0.481 e. The molecule has 0 fully saturated rings. The van der Waals surface area contributed by atoms with E-state index in [-0.39, 0.29) is 6.42 Å². The molecule has 0 radical (unpaired) electrons. The minimum absolute atomic E-state index is 0.158. The van der Waals surface area contributed by atoms with E-state index in [4.69, 9.17) is 21.2 Å². The van der Waals surface area contributed by atoms with Gasteiger partial charge >= 0.3 is 5.97 Å². The Balaban J connectivity index is 2.36. The molecule has 0 saturated carbocycles. The second-order valence-corrected chi connectivity index (χ2v) is 4.44. The van der Waals surface area contributed by atoms with Gasteiger partial charge in [0.2, 0.25) is 0 Å². The van der Waals surface area contributed by atoms with Gasteiger partial charge in [0.25, 0.3) is 0 Å². The molecule has 0 bridgehead atoms. The van der Waals surface area contributed by atoms with E-state index >= 15 is 0 Å². The van der Waals surface area contributed by atoms with Crippen molar-refractivity contribution >= 4 is 39.3 Å². The molecule has 0 atom stereocenters. The van der Waals surface area contributed by atoms with Crippen LogP contribution in [0.4, 0.5) is 0 Å². The zero-order chi connectivity index (χ0) is 12.7. The number of aromatic nitrogens is 1. The molecule has 0 aliphatic heterocycles. The Bertz CT molecular complexity index is 763. The Morgan fingerprint density at radius 2 is 2.17 bits per heavy atom. The lowest BCUT2D eigenvalue weighted by Gasteiger charge is -2.00. The molecule has 0 spiro atoms. The summed E-state index contributed by atoms with van der Waals surface area (Å²) in [6.07, 6.45) is -0.158. The Morgan fingerprint density at radius 1 is 1.33 bits per heavy atom. The van der Waals surface area contributed by atoms with Gasteiger partial charge < -0.3 is 9.63 Å². The van der Waals surface area contributed by atoms with Crippen LogP contribution in [-0.4, -0.2) is 16.2 Å². The highest BCUT2D eigenvalue weighted by atomic mass is 35.5. The maximum atomic E-state index is 10.8. The van der Waals surface area contributed by atoms with E-state index in [1.165, 1.54) is 0 Å². The molecule has 4 nitrogen and oxygen atoms in total. The van der Waals surface area contributed by atoms with Crippen molar-refractivity contribution in [1.29, 1.82) is 0 Å². The Labute approximate surface area is 107 Å². The van der Waals surface area contributed by atoms with Crippen LogP contribution in [0, 0.1) is 0 Å². The molecule has 0 aliphatic rings. The first-order valence-corrected chi connectivity index (χ1v) is 5.71. The fraction of sp³-hybridized carbons (Fsp3) is 0.0769. The summed E-state index contributed by atoms with van der Waals surface area (Å²) in [5.41, 5.74) is 1.02. The number of rotatable bonds is 2. The molecule has 3 aromatic rings. The molecule has 0 amide bonds. The summed E-state index contributed by atoms with van der Waals surface area (Å²) >= 11 is 5.93. The van der Waals surface area contributed by atoms with Gasteiger partial charge in [0.15, 0.2) is 5.58 Å². The van der Waals surface area contributed by atoms with E-state index in [1.54, 1.807) is 12.1 Å². The van der Waals surface area contributed by atoms with Gasteiger partial charge in [-0.25, -0.2) is 0 Å². The smallest absolute Gasteiger partial charge is 0.309 e. The van der Waals surface area contributed by atoms with Crippen molar-refractivity contribution in [2.24, 2.45) is 0 Å². The Morgan fingerprint density at radius 3 is 2.94 bits per heavy atom. The first kappa shape index (κ1) is 11.0. The third-order valence-corrected chi connectivity index (χ3v) is 3.04. The molecule has 2 aromatic carbocycles. The predicted octanol–water partition coefficient (Wildman–Crippen LogP) is 3.26. The second-order valence-electron chi connectivity index (χ2n) is 4.00. The predicted molar refractivity (Wildman–Crippen MR) is 67.9 cm³/mol. The fourth-order valence-electron chi connectivity index (χ4n) is 2.07. The van der Waals surface area contributed by atoms with Crippen molar-refractivity contribution in [2.45, 2.75) is 6.42 Å². The van der Waals surface area contributed by atoms with Crippen LogP contribution in [0.25, 0.3) is 21.7 Å². The van der Waals surface area contributed by atoms with Gasteiger partial charge in [-0.1, -0.05) is 28.9 Å². The van der Waals surface area contributed by atoms with E-state index < -0.39 is 5.97 Å². The van der Waals surface area contributed by atoms with E-state index in [1.807, 2.05) is 18.2 Å². The van der Waals surface area contributed by atoms with Crippen molar-refractivity contribution < 1.29 is 14.4 Å². The average molecular weight is 262 g/mol. The normalized spacial score (nSPS) is 11.2. The topological polar surface area (TPSA) is 63.3 Å². The van der Waals surface area contributed by atoms with Crippen LogP contribution in [0.2, 0.25) is 5.02 Å². The molecule has 18 heavy (non-hydrogen) atoms. The number of carboxylic acid groups (broad SMARTS) is 1. The fourth-order valence-corrected chi connectivity index (χ4v) is 2.25. The molecule has 1 heterocycles. The Kier molecular flexibility index (Phi) is 2.45. The summed E-state index contributed by atoms with van der Waals surface area (Å²) in [5.74, 6) is -0.934. The van der Waals surface area contributed by atoms with Crippen LogP contribution in [0.5, 0.6) is 0 Å². The largest absolute Gasteiger partial charge is 0.481 e. The highest BCUT2D eigenvalue weighted by molar-refractivity contribution is 6.31. The summed E-state index contributed by atoms with van der Waals surface area (Å²) in [7, 11) is 0. The second kappa shape index (κ2) is 3.99. The van der Waals surface area contributed by atoms with E-state index in [0.717, 1.165) is 16.2 Å². The van der Waals surface area contributed by atoms with E-state index in [0.29, 0.717) is 16.3 Å². The van der Waals surface area contributed by atoms with Crippen molar-refractivity contribution in [3.8, 4) is 0 Å². The lowest BCUT2D eigenvalue weighted by atomic mass is 10.0. The van der Waals surface area contributed by atoms with Crippen LogP contribution < -0.4 is 0 Å². The third-order valence-electron chi connectivity index (χ3n) is 2.81. The number of nitrogens with zero attached hydrogens (tertiary/aromatic N) is 1. The van der Waals surface area contributed by atoms with E-state index in [9.17, 15) is 4.79 Å². The molecule has 1 N–H and O–H groups in total. The van der Waals surface area contributed by atoms with Crippen molar-refractivity contribution in [3.63, 3.8) is 0 Å². The summed E-state index contributed by atoms with van der Waals surface area (Å²) in [4.78, 5) is 10.8. The van der Waals surface area contributed by atoms with Crippen LogP contribution >= 0.6 is 11.6 Å². The van der Waals surface area contributed by atoms with Gasteiger partial charge in [-0.05, 0) is 29.0 Å². The summed E-state index contributed by atoms with van der Waals surface area (Å²) < 4.78 is 5.14. The van der Waals surface area contributed by atoms with Crippen LogP contribution in [0.15, 0.2) is 34.9 Å².